The van der Waals surface area contributed by atoms with E-state index in [0.29, 0.717) is 5.92 Å². The van der Waals surface area contributed by atoms with Gasteiger partial charge in [-0.3, -0.25) is 0 Å². The number of hydrogen-bond donors (Lipinski definition) is 1. The first-order valence-corrected chi connectivity index (χ1v) is 6.11. The second-order valence-corrected chi connectivity index (χ2v) is 4.45. The zero-order valence-electron chi connectivity index (χ0n) is 10.6. The molecular formula is C13H27NO. The Morgan fingerprint density at radius 2 is 2.07 bits per heavy atom. The molecule has 90 valence electrons. The summed E-state index contributed by atoms with van der Waals surface area (Å²) in [7, 11) is 2.15. The second kappa shape index (κ2) is 8.93. The van der Waals surface area contributed by atoms with E-state index in [4.69, 9.17) is 0 Å². The predicted molar refractivity (Wildman–Crippen MR) is 67.0 cm³/mol. The minimum atomic E-state index is -0.148. The Morgan fingerprint density at radius 3 is 2.53 bits per heavy atom. The number of nitrogens with zero attached hydrogens (tertiary/aromatic N) is 1. The third kappa shape index (κ3) is 7.57. The van der Waals surface area contributed by atoms with Crippen molar-refractivity contribution in [3.05, 3.63) is 12.7 Å². The highest BCUT2D eigenvalue weighted by Gasteiger charge is 2.13. The number of hydrogen-bond acceptors (Lipinski definition) is 2. The lowest BCUT2D eigenvalue weighted by atomic mass is 9.96. The van der Waals surface area contributed by atoms with E-state index in [1.165, 1.54) is 6.42 Å². The van der Waals surface area contributed by atoms with Crippen molar-refractivity contribution in [2.75, 3.05) is 20.1 Å². The van der Waals surface area contributed by atoms with Crippen molar-refractivity contribution in [3.8, 4) is 0 Å². The molecule has 0 saturated carbocycles. The summed E-state index contributed by atoms with van der Waals surface area (Å²) in [4.78, 5) is 2.34. The molecule has 0 aliphatic rings. The average Bonchev–Trinajstić information content (AvgIpc) is 2.18. The molecule has 0 saturated heterocycles. The molecule has 0 rings (SSSR count). The Balaban J connectivity index is 3.96. The Labute approximate surface area is 95.0 Å². The van der Waals surface area contributed by atoms with E-state index in [1.807, 2.05) is 13.0 Å². The zero-order chi connectivity index (χ0) is 11.7. The van der Waals surface area contributed by atoms with Crippen molar-refractivity contribution in [2.45, 2.75) is 45.6 Å². The van der Waals surface area contributed by atoms with Gasteiger partial charge in [0.2, 0.25) is 0 Å². The van der Waals surface area contributed by atoms with Gasteiger partial charge in [-0.2, -0.15) is 0 Å². The molecule has 2 unspecified atom stereocenters. The minimum Gasteiger partial charge on any atom is -0.393 e. The van der Waals surface area contributed by atoms with Crippen molar-refractivity contribution in [1.29, 1.82) is 0 Å². The topological polar surface area (TPSA) is 23.5 Å². The summed E-state index contributed by atoms with van der Waals surface area (Å²) in [5, 5.41) is 9.64. The molecule has 0 spiro atoms. The molecule has 2 heteroatoms. The van der Waals surface area contributed by atoms with Crippen LogP contribution >= 0.6 is 0 Å². The molecule has 0 aliphatic carbocycles. The number of rotatable bonds is 9. The monoisotopic (exact) mass is 213 g/mol. The van der Waals surface area contributed by atoms with Crippen molar-refractivity contribution in [3.63, 3.8) is 0 Å². The zero-order valence-corrected chi connectivity index (χ0v) is 10.6. The summed E-state index contributed by atoms with van der Waals surface area (Å²) in [5.41, 5.74) is 0. The number of aliphatic hydroxyl groups excluding tert-OH is 1. The fraction of sp³-hybridized carbons (Fsp3) is 0.846. The molecule has 0 bridgehead atoms. The minimum absolute atomic E-state index is 0.148. The molecule has 2 atom stereocenters. The van der Waals surface area contributed by atoms with Gasteiger partial charge in [-0.05, 0) is 45.2 Å². The Morgan fingerprint density at radius 1 is 1.40 bits per heavy atom. The van der Waals surface area contributed by atoms with Gasteiger partial charge in [0.15, 0.2) is 0 Å². The van der Waals surface area contributed by atoms with Crippen LogP contribution in [0, 0.1) is 5.92 Å². The van der Waals surface area contributed by atoms with E-state index in [1.54, 1.807) is 0 Å². The molecule has 0 aromatic carbocycles. The van der Waals surface area contributed by atoms with E-state index in [-0.39, 0.29) is 6.10 Å². The number of aliphatic hydroxyl groups is 1. The number of allylic oxidation sites excluding steroid dienone is 1. The quantitative estimate of drug-likeness (QED) is 0.595. The largest absolute Gasteiger partial charge is 0.393 e. The van der Waals surface area contributed by atoms with Crippen LogP contribution in [0.25, 0.3) is 0 Å². The molecule has 0 amide bonds. The summed E-state index contributed by atoms with van der Waals surface area (Å²) in [6, 6.07) is 0. The lowest BCUT2D eigenvalue weighted by Crippen LogP contribution is -2.28. The van der Waals surface area contributed by atoms with E-state index in [9.17, 15) is 5.11 Å². The third-order valence-corrected chi connectivity index (χ3v) is 2.75. The summed E-state index contributed by atoms with van der Waals surface area (Å²) >= 11 is 0. The maximum atomic E-state index is 9.64. The van der Waals surface area contributed by atoms with Crippen molar-refractivity contribution in [2.24, 2.45) is 5.92 Å². The molecule has 0 radical (unpaired) electrons. The van der Waals surface area contributed by atoms with Gasteiger partial charge >= 0.3 is 0 Å². The SMILES string of the molecule is C=CCC(CC(O)CC)CN(C)CCC. The summed E-state index contributed by atoms with van der Waals surface area (Å²) in [6.45, 7) is 10.2. The lowest BCUT2D eigenvalue weighted by Gasteiger charge is -2.24. The van der Waals surface area contributed by atoms with Crippen LogP contribution in [0.1, 0.15) is 39.5 Å². The predicted octanol–water partition coefficient (Wildman–Crippen LogP) is 2.68. The van der Waals surface area contributed by atoms with Crippen LogP contribution in [0.3, 0.4) is 0 Å². The van der Waals surface area contributed by atoms with Crippen molar-refractivity contribution >= 4 is 0 Å². The Kier molecular flexibility index (Phi) is 8.73. The van der Waals surface area contributed by atoms with Gasteiger partial charge < -0.3 is 10.0 Å². The van der Waals surface area contributed by atoms with Gasteiger partial charge in [-0.15, -0.1) is 6.58 Å². The van der Waals surface area contributed by atoms with Crippen LogP contribution in [-0.4, -0.2) is 36.2 Å². The van der Waals surface area contributed by atoms with Crippen LogP contribution < -0.4 is 0 Å². The fourth-order valence-electron chi connectivity index (χ4n) is 1.95. The average molecular weight is 213 g/mol. The smallest absolute Gasteiger partial charge is 0.0540 e. The lowest BCUT2D eigenvalue weighted by molar-refractivity contribution is 0.126. The van der Waals surface area contributed by atoms with Crippen LogP contribution in [0.4, 0.5) is 0 Å². The molecule has 0 heterocycles. The van der Waals surface area contributed by atoms with Crippen LogP contribution in [-0.2, 0) is 0 Å². The highest BCUT2D eigenvalue weighted by atomic mass is 16.3. The van der Waals surface area contributed by atoms with Gasteiger partial charge in [-0.1, -0.05) is 19.9 Å². The maximum absolute atomic E-state index is 9.64. The molecule has 0 fully saturated rings. The van der Waals surface area contributed by atoms with Gasteiger partial charge in [0.25, 0.3) is 0 Å². The third-order valence-electron chi connectivity index (χ3n) is 2.75. The molecule has 2 nitrogen and oxygen atoms in total. The molecular weight excluding hydrogens is 186 g/mol. The van der Waals surface area contributed by atoms with Crippen molar-refractivity contribution in [1.82, 2.24) is 4.90 Å². The second-order valence-electron chi connectivity index (χ2n) is 4.45. The van der Waals surface area contributed by atoms with E-state index < -0.39 is 0 Å². The Hall–Kier alpha value is -0.340. The molecule has 0 aromatic heterocycles. The standard InChI is InChI=1S/C13H27NO/c1-5-8-12(10-13(15)7-3)11-14(4)9-6-2/h5,12-13,15H,1,6-11H2,2-4H3. The highest BCUT2D eigenvalue weighted by Crippen LogP contribution is 2.15. The van der Waals surface area contributed by atoms with Crippen molar-refractivity contribution < 1.29 is 5.11 Å². The first-order chi connectivity index (χ1) is 7.13. The molecule has 0 aromatic rings. The Bertz CT molecular complexity index is 159. The fourth-order valence-corrected chi connectivity index (χ4v) is 1.95. The summed E-state index contributed by atoms with van der Waals surface area (Å²) in [5.74, 6) is 0.550. The normalized spacial score (nSPS) is 15.3. The van der Waals surface area contributed by atoms with Crippen LogP contribution in [0.2, 0.25) is 0 Å². The first-order valence-electron chi connectivity index (χ1n) is 6.11. The molecule has 15 heavy (non-hydrogen) atoms. The van der Waals surface area contributed by atoms with Crippen LogP contribution in [0.5, 0.6) is 0 Å². The van der Waals surface area contributed by atoms with Crippen LogP contribution in [0.15, 0.2) is 12.7 Å². The molecule has 0 aliphatic heterocycles. The maximum Gasteiger partial charge on any atom is 0.0540 e. The van der Waals surface area contributed by atoms with Gasteiger partial charge in [-0.25, -0.2) is 0 Å². The molecule has 1 N–H and O–H groups in total. The van der Waals surface area contributed by atoms with E-state index >= 15 is 0 Å². The van der Waals surface area contributed by atoms with E-state index in [2.05, 4.69) is 25.5 Å². The van der Waals surface area contributed by atoms with Gasteiger partial charge in [0.1, 0.15) is 0 Å². The van der Waals surface area contributed by atoms with Gasteiger partial charge in [0.05, 0.1) is 6.10 Å². The highest BCUT2D eigenvalue weighted by molar-refractivity contribution is 4.77. The summed E-state index contributed by atoms with van der Waals surface area (Å²) < 4.78 is 0. The summed E-state index contributed by atoms with van der Waals surface area (Å²) in [6.07, 6.45) is 5.76. The first kappa shape index (κ1) is 14.7. The van der Waals surface area contributed by atoms with E-state index in [0.717, 1.165) is 32.4 Å². The van der Waals surface area contributed by atoms with Gasteiger partial charge in [0, 0.05) is 6.54 Å².